The number of nitrogens with zero attached hydrogens (tertiary/aromatic N) is 1. The van der Waals surface area contributed by atoms with E-state index in [0.29, 0.717) is 6.04 Å². The first kappa shape index (κ1) is 12.6. The van der Waals surface area contributed by atoms with Gasteiger partial charge in [0, 0.05) is 42.1 Å². The minimum Gasteiger partial charge on any atom is -0.329 e. The van der Waals surface area contributed by atoms with E-state index in [1.165, 1.54) is 24.1 Å². The first-order chi connectivity index (χ1) is 8.72. The third kappa shape index (κ3) is 2.48. The zero-order valence-electron chi connectivity index (χ0n) is 11.1. The van der Waals surface area contributed by atoms with Gasteiger partial charge in [-0.05, 0) is 37.6 Å². The Labute approximate surface area is 113 Å². The van der Waals surface area contributed by atoms with E-state index in [1.54, 1.807) is 0 Å². The third-order valence-corrected chi connectivity index (χ3v) is 5.24. The first-order valence-corrected chi connectivity index (χ1v) is 7.84. The van der Waals surface area contributed by atoms with Gasteiger partial charge in [-0.2, -0.15) is 0 Å². The standard InChI is InChI=1S/C14H23N3S/c1-11-7-14(9-15,10-17(11)12-4-5-12)16-8-13-3-2-6-18-13/h2-3,6,11-12,16H,4-5,7-10,15H2,1H3. The minimum absolute atomic E-state index is 0.131. The van der Waals surface area contributed by atoms with E-state index in [0.717, 1.165) is 25.7 Å². The average molecular weight is 265 g/mol. The molecule has 100 valence electrons. The number of nitrogens with two attached hydrogens (primary N) is 1. The van der Waals surface area contributed by atoms with Crippen molar-refractivity contribution in [2.45, 2.75) is 50.4 Å². The van der Waals surface area contributed by atoms with Gasteiger partial charge in [-0.3, -0.25) is 4.90 Å². The van der Waals surface area contributed by atoms with E-state index in [9.17, 15) is 0 Å². The van der Waals surface area contributed by atoms with Crippen LogP contribution in [-0.2, 0) is 6.54 Å². The van der Waals surface area contributed by atoms with Crippen LogP contribution in [-0.4, -0.2) is 35.6 Å². The first-order valence-electron chi connectivity index (χ1n) is 6.96. The summed E-state index contributed by atoms with van der Waals surface area (Å²) in [6.45, 7) is 5.18. The van der Waals surface area contributed by atoms with E-state index in [2.05, 4.69) is 34.7 Å². The number of thiophene rings is 1. The highest BCUT2D eigenvalue weighted by Crippen LogP contribution is 2.37. The number of rotatable bonds is 5. The smallest absolute Gasteiger partial charge is 0.0450 e. The molecule has 4 heteroatoms. The Kier molecular flexibility index (Phi) is 3.45. The zero-order valence-corrected chi connectivity index (χ0v) is 11.9. The van der Waals surface area contributed by atoms with Crippen molar-refractivity contribution in [2.75, 3.05) is 13.1 Å². The van der Waals surface area contributed by atoms with Gasteiger partial charge in [0.05, 0.1) is 0 Å². The summed E-state index contributed by atoms with van der Waals surface area (Å²) in [6.07, 6.45) is 3.96. The molecular weight excluding hydrogens is 242 g/mol. The molecular formula is C14H23N3S. The highest BCUT2D eigenvalue weighted by atomic mass is 32.1. The monoisotopic (exact) mass is 265 g/mol. The van der Waals surface area contributed by atoms with Gasteiger partial charge >= 0.3 is 0 Å². The lowest BCUT2D eigenvalue weighted by Crippen LogP contribution is -2.52. The van der Waals surface area contributed by atoms with Crippen LogP contribution in [0.5, 0.6) is 0 Å². The van der Waals surface area contributed by atoms with Crippen LogP contribution in [0.2, 0.25) is 0 Å². The fourth-order valence-electron chi connectivity index (χ4n) is 3.18. The van der Waals surface area contributed by atoms with Gasteiger partial charge in [-0.15, -0.1) is 11.3 Å². The van der Waals surface area contributed by atoms with Gasteiger partial charge in [-0.25, -0.2) is 0 Å². The Morgan fingerprint density at radius 3 is 3.00 bits per heavy atom. The number of nitrogens with one attached hydrogen (secondary N) is 1. The van der Waals surface area contributed by atoms with Gasteiger partial charge < -0.3 is 11.1 Å². The van der Waals surface area contributed by atoms with Gasteiger partial charge in [0.25, 0.3) is 0 Å². The summed E-state index contributed by atoms with van der Waals surface area (Å²) in [6, 6.07) is 5.83. The fourth-order valence-corrected chi connectivity index (χ4v) is 3.83. The fraction of sp³-hybridized carbons (Fsp3) is 0.714. The van der Waals surface area contributed by atoms with Crippen molar-refractivity contribution in [1.29, 1.82) is 0 Å². The molecule has 3 nitrogen and oxygen atoms in total. The highest BCUT2D eigenvalue weighted by Gasteiger charge is 2.45. The molecule has 2 aliphatic rings. The molecule has 0 spiro atoms. The van der Waals surface area contributed by atoms with Crippen LogP contribution in [0.3, 0.4) is 0 Å². The molecule has 0 bridgehead atoms. The second kappa shape index (κ2) is 4.93. The average Bonchev–Trinajstić information content (AvgIpc) is 2.97. The summed E-state index contributed by atoms with van der Waals surface area (Å²) in [7, 11) is 0. The summed E-state index contributed by atoms with van der Waals surface area (Å²) in [4.78, 5) is 4.06. The van der Waals surface area contributed by atoms with Crippen LogP contribution in [0.15, 0.2) is 17.5 Å². The van der Waals surface area contributed by atoms with Crippen LogP contribution in [0.25, 0.3) is 0 Å². The molecule has 1 saturated heterocycles. The predicted molar refractivity (Wildman–Crippen MR) is 76.8 cm³/mol. The molecule has 1 aromatic rings. The summed E-state index contributed by atoms with van der Waals surface area (Å²) < 4.78 is 0. The van der Waals surface area contributed by atoms with Gasteiger partial charge in [0.15, 0.2) is 0 Å². The van der Waals surface area contributed by atoms with Crippen LogP contribution < -0.4 is 11.1 Å². The lowest BCUT2D eigenvalue weighted by molar-refractivity contribution is 0.241. The van der Waals surface area contributed by atoms with Crippen LogP contribution in [0.4, 0.5) is 0 Å². The van der Waals surface area contributed by atoms with Gasteiger partial charge in [-0.1, -0.05) is 6.07 Å². The molecule has 1 aliphatic carbocycles. The topological polar surface area (TPSA) is 41.3 Å². The summed E-state index contributed by atoms with van der Waals surface area (Å²) in [5.74, 6) is 0. The molecule has 0 amide bonds. The van der Waals surface area contributed by atoms with Crippen molar-refractivity contribution in [3.63, 3.8) is 0 Å². The van der Waals surface area contributed by atoms with Crippen molar-refractivity contribution in [3.05, 3.63) is 22.4 Å². The van der Waals surface area contributed by atoms with Crippen LogP contribution in [0, 0.1) is 0 Å². The zero-order chi connectivity index (χ0) is 12.6. The molecule has 3 N–H and O–H groups in total. The van der Waals surface area contributed by atoms with Crippen molar-refractivity contribution in [2.24, 2.45) is 5.73 Å². The van der Waals surface area contributed by atoms with E-state index in [-0.39, 0.29) is 5.54 Å². The number of hydrogen-bond donors (Lipinski definition) is 2. The highest BCUT2D eigenvalue weighted by molar-refractivity contribution is 7.09. The maximum atomic E-state index is 6.07. The van der Waals surface area contributed by atoms with E-state index < -0.39 is 0 Å². The second-order valence-corrected chi connectivity index (χ2v) is 6.91. The van der Waals surface area contributed by atoms with Crippen molar-refractivity contribution in [1.82, 2.24) is 10.2 Å². The lowest BCUT2D eigenvalue weighted by atomic mass is 9.96. The molecule has 2 atom stereocenters. The molecule has 0 aromatic carbocycles. The molecule has 2 unspecified atom stereocenters. The van der Waals surface area contributed by atoms with E-state index in [1.807, 2.05) is 11.3 Å². The number of hydrogen-bond acceptors (Lipinski definition) is 4. The Morgan fingerprint density at radius 1 is 1.56 bits per heavy atom. The summed E-state index contributed by atoms with van der Waals surface area (Å²) in [5.41, 5.74) is 6.20. The molecule has 18 heavy (non-hydrogen) atoms. The largest absolute Gasteiger partial charge is 0.329 e. The Morgan fingerprint density at radius 2 is 2.39 bits per heavy atom. The summed E-state index contributed by atoms with van der Waals surface area (Å²) in [5, 5.41) is 5.87. The second-order valence-electron chi connectivity index (χ2n) is 5.87. The number of likely N-dealkylation sites (tertiary alicyclic amines) is 1. The maximum absolute atomic E-state index is 6.07. The third-order valence-electron chi connectivity index (χ3n) is 4.36. The van der Waals surface area contributed by atoms with Gasteiger partial charge in [0.2, 0.25) is 0 Å². The summed E-state index contributed by atoms with van der Waals surface area (Å²) >= 11 is 1.82. The lowest BCUT2D eigenvalue weighted by Gasteiger charge is -2.29. The molecule has 1 aromatic heterocycles. The van der Waals surface area contributed by atoms with Crippen molar-refractivity contribution < 1.29 is 0 Å². The van der Waals surface area contributed by atoms with E-state index >= 15 is 0 Å². The van der Waals surface area contributed by atoms with Crippen molar-refractivity contribution >= 4 is 11.3 Å². The van der Waals surface area contributed by atoms with Crippen molar-refractivity contribution in [3.8, 4) is 0 Å². The van der Waals surface area contributed by atoms with Crippen LogP contribution >= 0.6 is 11.3 Å². The molecule has 2 heterocycles. The normalized spacial score (nSPS) is 33.1. The molecule has 2 fully saturated rings. The molecule has 0 radical (unpaired) electrons. The van der Waals surface area contributed by atoms with Crippen LogP contribution in [0.1, 0.15) is 31.1 Å². The Bertz CT molecular complexity index is 388. The molecule has 1 saturated carbocycles. The minimum atomic E-state index is 0.131. The SMILES string of the molecule is CC1CC(CN)(NCc2cccs2)CN1C1CC1. The predicted octanol–water partition coefficient (Wildman–Crippen LogP) is 1.79. The molecule has 1 aliphatic heterocycles. The maximum Gasteiger partial charge on any atom is 0.0450 e. The Hall–Kier alpha value is -0.420. The quantitative estimate of drug-likeness (QED) is 0.853. The molecule has 3 rings (SSSR count). The van der Waals surface area contributed by atoms with Gasteiger partial charge in [0.1, 0.15) is 0 Å². The Balaban J connectivity index is 1.63. The van der Waals surface area contributed by atoms with E-state index in [4.69, 9.17) is 5.73 Å².